The molecule has 0 bridgehead atoms. The van der Waals surface area contributed by atoms with Crippen molar-refractivity contribution in [3.63, 3.8) is 0 Å². The van der Waals surface area contributed by atoms with Gasteiger partial charge in [0.15, 0.2) is 5.76 Å². The predicted molar refractivity (Wildman–Crippen MR) is 132 cm³/mol. The lowest BCUT2D eigenvalue weighted by atomic mass is 10.0. The molecular weight excluding hydrogens is 482 g/mol. The summed E-state index contributed by atoms with van der Waals surface area (Å²) in [6.07, 6.45) is 0. The highest BCUT2D eigenvalue weighted by Gasteiger charge is 2.46. The molecular formula is C27H25NO7S. The predicted octanol–water partition coefficient (Wildman–Crippen LogP) is 4.12. The molecule has 0 unspecified atom stereocenters. The molecule has 1 heterocycles. The molecule has 0 radical (unpaired) electrons. The Kier molecular flexibility index (Phi) is 6.85. The number of carbonyl (C=O) groups is 2. The molecule has 3 aromatic rings. The van der Waals surface area contributed by atoms with Gasteiger partial charge in [0.2, 0.25) is 9.84 Å². The summed E-state index contributed by atoms with van der Waals surface area (Å²) in [5.74, 6) is -1.63. The van der Waals surface area contributed by atoms with Crippen LogP contribution in [0, 0.1) is 6.92 Å². The van der Waals surface area contributed by atoms with Gasteiger partial charge in [-0.1, -0.05) is 42.0 Å². The van der Waals surface area contributed by atoms with Crippen LogP contribution in [0.1, 0.15) is 33.1 Å². The number of benzene rings is 3. The normalized spacial score (nSPS) is 15.8. The van der Waals surface area contributed by atoms with Gasteiger partial charge in [0, 0.05) is 6.54 Å². The number of nitrogens with zero attached hydrogens (tertiary/aromatic N) is 1. The van der Waals surface area contributed by atoms with Crippen LogP contribution >= 0.6 is 0 Å². The van der Waals surface area contributed by atoms with Crippen LogP contribution in [0.25, 0.3) is 0 Å². The highest BCUT2D eigenvalue weighted by molar-refractivity contribution is 7.95. The monoisotopic (exact) mass is 507 g/mol. The number of amides is 1. The summed E-state index contributed by atoms with van der Waals surface area (Å²) in [6, 6.07) is 18.1. The Hall–Kier alpha value is -4.11. The Labute approximate surface area is 209 Å². The first-order chi connectivity index (χ1) is 17.2. The van der Waals surface area contributed by atoms with Crippen molar-refractivity contribution in [3.8, 4) is 5.75 Å². The average molecular weight is 508 g/mol. The first kappa shape index (κ1) is 25.0. The molecule has 0 aliphatic carbocycles. The van der Waals surface area contributed by atoms with E-state index in [9.17, 15) is 23.1 Å². The topological polar surface area (TPSA) is 110 Å². The Balaban J connectivity index is 1.84. The number of aliphatic hydroxyl groups is 1. The molecule has 0 aromatic heterocycles. The zero-order chi connectivity index (χ0) is 26.0. The van der Waals surface area contributed by atoms with Gasteiger partial charge in [-0.25, -0.2) is 13.2 Å². The molecule has 0 saturated carbocycles. The van der Waals surface area contributed by atoms with E-state index in [4.69, 9.17) is 9.47 Å². The highest BCUT2D eigenvalue weighted by atomic mass is 32.2. The lowest BCUT2D eigenvalue weighted by molar-refractivity contribution is -0.130. The fourth-order valence-electron chi connectivity index (χ4n) is 4.13. The summed E-state index contributed by atoms with van der Waals surface area (Å²) < 4.78 is 37.4. The Bertz CT molecular complexity index is 1440. The number of esters is 1. The number of sulfone groups is 1. The van der Waals surface area contributed by atoms with E-state index in [2.05, 4.69) is 0 Å². The fraction of sp³-hybridized carbons (Fsp3) is 0.185. The number of ether oxygens (including phenoxy) is 2. The first-order valence-corrected chi connectivity index (χ1v) is 12.5. The van der Waals surface area contributed by atoms with E-state index in [1.165, 1.54) is 43.4 Å². The molecule has 8 nitrogen and oxygen atoms in total. The number of hydrogen-bond donors (Lipinski definition) is 1. The van der Waals surface area contributed by atoms with E-state index in [0.29, 0.717) is 16.9 Å². The summed E-state index contributed by atoms with van der Waals surface area (Å²) >= 11 is 0. The van der Waals surface area contributed by atoms with Gasteiger partial charge in [-0.3, -0.25) is 4.79 Å². The summed E-state index contributed by atoms with van der Waals surface area (Å²) in [5, 5.41) is 10.9. The Morgan fingerprint density at radius 1 is 1.00 bits per heavy atom. The van der Waals surface area contributed by atoms with Crippen molar-refractivity contribution in [3.05, 3.63) is 106 Å². The van der Waals surface area contributed by atoms with Crippen molar-refractivity contribution >= 4 is 21.7 Å². The second-order valence-corrected chi connectivity index (χ2v) is 10.2. The fourth-order valence-corrected chi connectivity index (χ4v) is 5.78. The third-order valence-corrected chi connectivity index (χ3v) is 7.90. The maximum Gasteiger partial charge on any atom is 0.337 e. The highest BCUT2D eigenvalue weighted by Crippen LogP contribution is 2.43. The lowest BCUT2D eigenvalue weighted by Gasteiger charge is -2.27. The second kappa shape index (κ2) is 9.87. The second-order valence-electron chi connectivity index (χ2n) is 8.33. The van der Waals surface area contributed by atoms with Crippen molar-refractivity contribution in [2.45, 2.75) is 24.4 Å². The molecule has 1 N–H and O–H groups in total. The first-order valence-electron chi connectivity index (χ1n) is 11.0. The number of methoxy groups -OCH3 is 2. The molecule has 0 spiro atoms. The van der Waals surface area contributed by atoms with E-state index in [1.807, 2.05) is 6.92 Å². The summed E-state index contributed by atoms with van der Waals surface area (Å²) in [5.41, 5.74) is 2.22. The van der Waals surface area contributed by atoms with Crippen LogP contribution < -0.4 is 4.74 Å². The van der Waals surface area contributed by atoms with Crippen LogP contribution in [-0.4, -0.2) is 44.5 Å². The van der Waals surface area contributed by atoms with E-state index in [1.54, 1.807) is 48.5 Å². The molecule has 4 rings (SSSR count). The Morgan fingerprint density at radius 3 is 2.28 bits per heavy atom. The van der Waals surface area contributed by atoms with E-state index in [-0.39, 0.29) is 17.0 Å². The van der Waals surface area contributed by atoms with E-state index in [0.717, 1.165) is 5.56 Å². The zero-order valence-corrected chi connectivity index (χ0v) is 20.8. The molecule has 186 valence electrons. The van der Waals surface area contributed by atoms with Crippen molar-refractivity contribution in [1.82, 2.24) is 4.90 Å². The van der Waals surface area contributed by atoms with Gasteiger partial charge in [-0.15, -0.1) is 0 Å². The largest absolute Gasteiger partial charge is 0.502 e. The number of aliphatic hydroxyl groups excluding tert-OH is 1. The molecule has 1 aliphatic rings. The number of hydrogen-bond acceptors (Lipinski definition) is 7. The van der Waals surface area contributed by atoms with E-state index >= 15 is 0 Å². The number of rotatable bonds is 7. The molecule has 36 heavy (non-hydrogen) atoms. The van der Waals surface area contributed by atoms with Gasteiger partial charge >= 0.3 is 5.97 Å². The van der Waals surface area contributed by atoms with E-state index < -0.39 is 38.4 Å². The molecule has 1 aliphatic heterocycles. The van der Waals surface area contributed by atoms with Gasteiger partial charge < -0.3 is 19.5 Å². The molecule has 1 atom stereocenters. The third kappa shape index (κ3) is 4.57. The molecule has 9 heteroatoms. The molecule has 0 saturated heterocycles. The third-order valence-electron chi connectivity index (χ3n) is 6.01. The molecule has 1 amide bonds. The minimum Gasteiger partial charge on any atom is -0.502 e. The summed E-state index contributed by atoms with van der Waals surface area (Å²) in [4.78, 5) is 26.0. The van der Waals surface area contributed by atoms with Gasteiger partial charge in [0.25, 0.3) is 5.91 Å². The Morgan fingerprint density at radius 2 is 1.67 bits per heavy atom. The van der Waals surface area contributed by atoms with Gasteiger partial charge in [-0.2, -0.15) is 0 Å². The molecule has 3 aromatic carbocycles. The minimum absolute atomic E-state index is 0.0103. The molecule has 0 fully saturated rings. The van der Waals surface area contributed by atoms with Crippen LogP contribution in [0.4, 0.5) is 0 Å². The van der Waals surface area contributed by atoms with Crippen LogP contribution in [0.3, 0.4) is 0 Å². The zero-order valence-electron chi connectivity index (χ0n) is 20.0. The van der Waals surface area contributed by atoms with Crippen molar-refractivity contribution in [2.24, 2.45) is 0 Å². The average Bonchev–Trinajstić information content (AvgIpc) is 3.14. The van der Waals surface area contributed by atoms with Crippen LogP contribution in [0.2, 0.25) is 0 Å². The quantitative estimate of drug-likeness (QED) is 0.479. The minimum atomic E-state index is -4.25. The SMILES string of the molecule is COC(=O)c1ccc([C@@H]2C(S(=O)(=O)c3ccc(C)cc3)=C(O)C(=O)N2Cc2cccc(OC)c2)cc1. The standard InChI is InChI=1S/C27H25NO7S/c1-17-7-13-22(14-8-17)36(32,33)25-23(19-9-11-20(12-10-19)27(31)35-3)28(26(30)24(25)29)16-18-5-4-6-21(15-18)34-2/h4-15,23,29H,16H2,1-3H3/t23-/m1/s1. The van der Waals surface area contributed by atoms with Crippen LogP contribution in [-0.2, 0) is 25.9 Å². The summed E-state index contributed by atoms with van der Waals surface area (Å²) in [7, 11) is -1.48. The van der Waals surface area contributed by atoms with Crippen LogP contribution in [0.15, 0.2) is 88.4 Å². The van der Waals surface area contributed by atoms with Crippen molar-refractivity contribution in [2.75, 3.05) is 14.2 Å². The van der Waals surface area contributed by atoms with Gasteiger partial charge in [0.1, 0.15) is 10.7 Å². The van der Waals surface area contributed by atoms with Crippen molar-refractivity contribution < 1.29 is 32.6 Å². The van der Waals surface area contributed by atoms with Crippen molar-refractivity contribution in [1.29, 1.82) is 0 Å². The van der Waals surface area contributed by atoms with Gasteiger partial charge in [0.05, 0.1) is 30.7 Å². The lowest BCUT2D eigenvalue weighted by Crippen LogP contribution is -2.30. The number of carbonyl (C=O) groups excluding carboxylic acids is 2. The maximum atomic E-state index is 13.7. The van der Waals surface area contributed by atoms with Gasteiger partial charge in [-0.05, 0) is 54.4 Å². The maximum absolute atomic E-state index is 13.7. The van der Waals surface area contributed by atoms with Crippen LogP contribution in [0.5, 0.6) is 5.75 Å². The smallest absolute Gasteiger partial charge is 0.337 e. The number of aryl methyl sites for hydroxylation is 1. The summed E-state index contributed by atoms with van der Waals surface area (Å²) in [6.45, 7) is 1.84.